The van der Waals surface area contributed by atoms with Crippen LogP contribution in [0.2, 0.25) is 0 Å². The number of ether oxygens (including phenoxy) is 1. The van der Waals surface area contributed by atoms with Gasteiger partial charge in [0.1, 0.15) is 5.75 Å². The average Bonchev–Trinajstić information content (AvgIpc) is 2.74. The molecule has 0 aromatic heterocycles. The van der Waals surface area contributed by atoms with Gasteiger partial charge in [0.2, 0.25) is 10.0 Å². The Labute approximate surface area is 172 Å². The molecule has 1 fully saturated rings. The Morgan fingerprint density at radius 1 is 1.07 bits per heavy atom. The lowest BCUT2D eigenvalue weighted by atomic mass is 10.1. The number of rotatable bonds is 6. The van der Waals surface area contributed by atoms with Gasteiger partial charge in [0.25, 0.3) is 5.91 Å². The number of hydrogen-bond donors (Lipinski definition) is 1. The number of nitrogens with zero attached hydrogens (tertiary/aromatic N) is 2. The molecule has 8 heteroatoms. The number of nitrogens with one attached hydrogen (secondary N) is 1. The highest BCUT2D eigenvalue weighted by Gasteiger charge is 2.27. The van der Waals surface area contributed by atoms with Crippen molar-refractivity contribution in [3.63, 3.8) is 0 Å². The van der Waals surface area contributed by atoms with Crippen molar-refractivity contribution in [1.29, 1.82) is 0 Å². The smallest absolute Gasteiger partial charge is 0.255 e. The first-order valence-corrected chi connectivity index (χ1v) is 11.0. The SMILES string of the molecule is COc1ccc(S(=O)(=O)N2CCCCC2)cc1NC(=O)c1cccc(N(C)C)c1. The minimum absolute atomic E-state index is 0.151. The molecule has 0 radical (unpaired) electrons. The molecule has 0 atom stereocenters. The van der Waals surface area contributed by atoms with Crippen molar-refractivity contribution in [3.8, 4) is 5.75 Å². The van der Waals surface area contributed by atoms with Crippen LogP contribution in [-0.2, 0) is 10.0 Å². The Hall–Kier alpha value is -2.58. The van der Waals surface area contributed by atoms with Crippen molar-refractivity contribution in [2.24, 2.45) is 0 Å². The molecule has 1 amide bonds. The van der Waals surface area contributed by atoms with Crippen molar-refractivity contribution >= 4 is 27.3 Å². The highest BCUT2D eigenvalue weighted by atomic mass is 32.2. The van der Waals surface area contributed by atoms with E-state index in [1.54, 1.807) is 24.3 Å². The molecule has 1 aliphatic rings. The third kappa shape index (κ3) is 4.71. The summed E-state index contributed by atoms with van der Waals surface area (Å²) in [6, 6.07) is 11.8. The monoisotopic (exact) mass is 417 g/mol. The van der Waals surface area contributed by atoms with Gasteiger partial charge >= 0.3 is 0 Å². The van der Waals surface area contributed by atoms with Crippen LogP contribution in [0.5, 0.6) is 5.75 Å². The van der Waals surface area contributed by atoms with Crippen LogP contribution >= 0.6 is 0 Å². The van der Waals surface area contributed by atoms with Gasteiger partial charge in [0, 0.05) is 38.4 Å². The fourth-order valence-corrected chi connectivity index (χ4v) is 4.86. The van der Waals surface area contributed by atoms with Crippen molar-refractivity contribution in [3.05, 3.63) is 48.0 Å². The van der Waals surface area contributed by atoms with Crippen LogP contribution in [0.1, 0.15) is 29.6 Å². The summed E-state index contributed by atoms with van der Waals surface area (Å²) < 4.78 is 32.8. The summed E-state index contributed by atoms with van der Waals surface area (Å²) in [5, 5.41) is 2.79. The molecule has 0 bridgehead atoms. The molecule has 29 heavy (non-hydrogen) atoms. The number of sulfonamides is 1. The summed E-state index contributed by atoms with van der Waals surface area (Å²) in [4.78, 5) is 14.8. The Kier molecular flexibility index (Phi) is 6.44. The summed E-state index contributed by atoms with van der Waals surface area (Å²) in [7, 11) is 1.67. The first-order valence-electron chi connectivity index (χ1n) is 9.60. The van der Waals surface area contributed by atoms with Crippen molar-refractivity contribution in [2.75, 3.05) is 44.5 Å². The average molecular weight is 418 g/mol. The van der Waals surface area contributed by atoms with E-state index in [1.165, 1.54) is 23.5 Å². The number of amides is 1. The molecule has 1 N–H and O–H groups in total. The number of carbonyl (C=O) groups is 1. The molecule has 156 valence electrons. The third-order valence-electron chi connectivity index (χ3n) is 5.00. The predicted octanol–water partition coefficient (Wildman–Crippen LogP) is 3.19. The van der Waals surface area contributed by atoms with Crippen LogP contribution in [0.3, 0.4) is 0 Å². The van der Waals surface area contributed by atoms with E-state index in [4.69, 9.17) is 4.74 Å². The molecular weight excluding hydrogens is 390 g/mol. The number of carbonyl (C=O) groups excluding carboxylic acids is 1. The maximum Gasteiger partial charge on any atom is 0.255 e. The molecule has 0 unspecified atom stereocenters. The van der Waals surface area contributed by atoms with E-state index in [0.717, 1.165) is 24.9 Å². The summed E-state index contributed by atoms with van der Waals surface area (Å²) in [6.07, 6.45) is 2.77. The van der Waals surface area contributed by atoms with Crippen molar-refractivity contribution < 1.29 is 17.9 Å². The van der Waals surface area contributed by atoms with E-state index in [2.05, 4.69) is 5.32 Å². The Balaban J connectivity index is 1.89. The number of benzene rings is 2. The van der Waals surface area contributed by atoms with Gasteiger partial charge in [-0.25, -0.2) is 8.42 Å². The molecule has 7 nitrogen and oxygen atoms in total. The van der Waals surface area contributed by atoms with E-state index in [0.29, 0.717) is 30.1 Å². The normalized spacial score (nSPS) is 15.0. The summed E-state index contributed by atoms with van der Waals surface area (Å²) in [6.45, 7) is 1.04. The number of methoxy groups -OCH3 is 1. The molecule has 0 aliphatic carbocycles. The second-order valence-electron chi connectivity index (χ2n) is 7.23. The lowest BCUT2D eigenvalue weighted by Crippen LogP contribution is -2.35. The Morgan fingerprint density at radius 3 is 2.45 bits per heavy atom. The fraction of sp³-hybridized carbons (Fsp3) is 0.381. The van der Waals surface area contributed by atoms with E-state index in [1.807, 2.05) is 25.1 Å². The van der Waals surface area contributed by atoms with E-state index >= 15 is 0 Å². The maximum absolute atomic E-state index is 13.0. The van der Waals surface area contributed by atoms with Gasteiger partial charge in [-0.1, -0.05) is 12.5 Å². The first kappa shape index (κ1) is 21.1. The molecule has 0 saturated carbocycles. The number of piperidine rings is 1. The molecule has 1 saturated heterocycles. The van der Waals surface area contributed by atoms with Crippen molar-refractivity contribution in [1.82, 2.24) is 4.31 Å². The maximum atomic E-state index is 13.0. The Bertz CT molecular complexity index is 983. The minimum Gasteiger partial charge on any atom is -0.495 e. The zero-order chi connectivity index (χ0) is 21.0. The van der Waals surface area contributed by atoms with Crippen LogP contribution in [-0.4, -0.2) is 52.9 Å². The summed E-state index contributed by atoms with van der Waals surface area (Å²) in [5.74, 6) is 0.0687. The molecule has 3 rings (SSSR count). The summed E-state index contributed by atoms with van der Waals surface area (Å²) in [5.41, 5.74) is 1.69. The molecule has 2 aromatic carbocycles. The highest BCUT2D eigenvalue weighted by molar-refractivity contribution is 7.89. The van der Waals surface area contributed by atoms with Gasteiger partial charge in [-0.3, -0.25) is 4.79 Å². The van der Waals surface area contributed by atoms with Crippen LogP contribution in [0.4, 0.5) is 11.4 Å². The van der Waals surface area contributed by atoms with Crippen LogP contribution in [0.25, 0.3) is 0 Å². The van der Waals surface area contributed by atoms with Gasteiger partial charge in [-0.05, 0) is 49.2 Å². The van der Waals surface area contributed by atoms with Gasteiger partial charge in [-0.2, -0.15) is 4.31 Å². The molecular formula is C21H27N3O4S. The predicted molar refractivity (Wildman–Crippen MR) is 114 cm³/mol. The zero-order valence-corrected chi connectivity index (χ0v) is 17.8. The number of anilines is 2. The number of hydrogen-bond acceptors (Lipinski definition) is 5. The van der Waals surface area contributed by atoms with Gasteiger partial charge in [0.15, 0.2) is 0 Å². The minimum atomic E-state index is -3.61. The van der Waals surface area contributed by atoms with Crippen molar-refractivity contribution in [2.45, 2.75) is 24.2 Å². The quantitative estimate of drug-likeness (QED) is 0.781. The second kappa shape index (κ2) is 8.84. The van der Waals surface area contributed by atoms with E-state index < -0.39 is 10.0 Å². The van der Waals surface area contributed by atoms with E-state index in [-0.39, 0.29) is 10.8 Å². The first-order chi connectivity index (χ1) is 13.8. The van der Waals surface area contributed by atoms with Gasteiger partial charge in [0.05, 0.1) is 17.7 Å². The fourth-order valence-electron chi connectivity index (χ4n) is 3.32. The standard InChI is InChI=1S/C21H27N3O4S/c1-23(2)17-9-7-8-16(14-17)21(25)22-19-15-18(10-11-20(19)28-3)29(26,27)24-12-5-4-6-13-24/h7-11,14-15H,4-6,12-13H2,1-3H3,(H,22,25). The lowest BCUT2D eigenvalue weighted by Gasteiger charge is -2.26. The zero-order valence-electron chi connectivity index (χ0n) is 17.0. The molecule has 1 heterocycles. The summed E-state index contributed by atoms with van der Waals surface area (Å²) >= 11 is 0. The molecule has 0 spiro atoms. The Morgan fingerprint density at radius 2 is 1.79 bits per heavy atom. The third-order valence-corrected chi connectivity index (χ3v) is 6.89. The van der Waals surface area contributed by atoms with Crippen LogP contribution in [0, 0.1) is 0 Å². The largest absolute Gasteiger partial charge is 0.495 e. The topological polar surface area (TPSA) is 79.0 Å². The van der Waals surface area contributed by atoms with Crippen LogP contribution < -0.4 is 15.0 Å². The highest BCUT2D eigenvalue weighted by Crippen LogP contribution is 2.30. The van der Waals surface area contributed by atoms with Gasteiger partial charge in [-0.15, -0.1) is 0 Å². The lowest BCUT2D eigenvalue weighted by molar-refractivity contribution is 0.102. The molecule has 1 aliphatic heterocycles. The van der Waals surface area contributed by atoms with Crippen LogP contribution in [0.15, 0.2) is 47.4 Å². The van der Waals surface area contributed by atoms with E-state index in [9.17, 15) is 13.2 Å². The van der Waals surface area contributed by atoms with Gasteiger partial charge < -0.3 is 15.0 Å². The second-order valence-corrected chi connectivity index (χ2v) is 9.16. The molecule has 2 aromatic rings.